The molecule has 5 nitrogen and oxygen atoms in total. The number of carbonyl (C=O) groups excluding carboxylic acids is 1. The van der Waals surface area contributed by atoms with E-state index < -0.39 is 0 Å². The van der Waals surface area contributed by atoms with Gasteiger partial charge in [0.1, 0.15) is 5.82 Å². The topological polar surface area (TPSA) is 55.3 Å². The molecular formula is C13H19N3O2. The van der Waals surface area contributed by atoms with Crippen molar-refractivity contribution in [2.45, 2.75) is 38.6 Å². The molecule has 0 aromatic carbocycles. The predicted molar refractivity (Wildman–Crippen MR) is 68.4 cm³/mol. The van der Waals surface area contributed by atoms with Gasteiger partial charge < -0.3 is 9.64 Å². The average Bonchev–Trinajstić information content (AvgIpc) is 2.40. The van der Waals surface area contributed by atoms with Crippen LogP contribution < -0.4 is 4.90 Å². The van der Waals surface area contributed by atoms with Crippen molar-refractivity contribution in [2.24, 2.45) is 0 Å². The Bertz CT molecular complexity index is 422. The van der Waals surface area contributed by atoms with E-state index in [1.807, 2.05) is 6.92 Å². The molecule has 0 radical (unpaired) electrons. The third kappa shape index (κ3) is 2.78. The summed E-state index contributed by atoms with van der Waals surface area (Å²) in [6, 6.07) is 0.182. The maximum Gasteiger partial charge on any atom is 0.307 e. The SMILES string of the molecule is COC(=O)CC1CCCCN1c1nccnc1C. The number of anilines is 1. The van der Waals surface area contributed by atoms with Gasteiger partial charge in [-0.1, -0.05) is 0 Å². The molecule has 1 aromatic heterocycles. The molecule has 1 aliphatic rings. The molecule has 1 aromatic rings. The van der Waals surface area contributed by atoms with Gasteiger partial charge in [-0.2, -0.15) is 0 Å². The molecule has 98 valence electrons. The first kappa shape index (κ1) is 12.8. The van der Waals surface area contributed by atoms with Crippen LogP contribution in [0.1, 0.15) is 31.4 Å². The third-order valence-electron chi connectivity index (χ3n) is 3.38. The third-order valence-corrected chi connectivity index (χ3v) is 3.38. The zero-order valence-electron chi connectivity index (χ0n) is 10.9. The van der Waals surface area contributed by atoms with Crippen molar-refractivity contribution in [2.75, 3.05) is 18.6 Å². The molecule has 0 spiro atoms. The highest BCUT2D eigenvalue weighted by Crippen LogP contribution is 2.26. The lowest BCUT2D eigenvalue weighted by Gasteiger charge is -2.36. The first-order chi connectivity index (χ1) is 8.72. The van der Waals surface area contributed by atoms with Crippen LogP contribution in [0.25, 0.3) is 0 Å². The molecule has 2 heterocycles. The molecule has 1 atom stereocenters. The Morgan fingerprint density at radius 1 is 1.44 bits per heavy atom. The lowest BCUT2D eigenvalue weighted by Crippen LogP contribution is -2.42. The molecule has 0 amide bonds. The number of carbonyl (C=O) groups is 1. The molecule has 0 aliphatic carbocycles. The quantitative estimate of drug-likeness (QED) is 0.763. The maximum absolute atomic E-state index is 11.5. The van der Waals surface area contributed by atoms with Gasteiger partial charge in [0, 0.05) is 25.0 Å². The van der Waals surface area contributed by atoms with E-state index in [0.29, 0.717) is 6.42 Å². The number of aryl methyl sites for hydroxylation is 1. The Morgan fingerprint density at radius 2 is 2.22 bits per heavy atom. The average molecular weight is 249 g/mol. The number of hydrogen-bond donors (Lipinski definition) is 0. The van der Waals surface area contributed by atoms with Crippen molar-refractivity contribution in [3.05, 3.63) is 18.1 Å². The summed E-state index contributed by atoms with van der Waals surface area (Å²) in [5.74, 6) is 0.736. The smallest absolute Gasteiger partial charge is 0.307 e. The minimum absolute atomic E-state index is 0.159. The Hall–Kier alpha value is -1.65. The summed E-state index contributed by atoms with van der Waals surface area (Å²) >= 11 is 0. The van der Waals surface area contributed by atoms with E-state index in [2.05, 4.69) is 14.9 Å². The fourth-order valence-corrected chi connectivity index (χ4v) is 2.45. The first-order valence-electron chi connectivity index (χ1n) is 6.33. The van der Waals surface area contributed by atoms with Gasteiger partial charge in [0.25, 0.3) is 0 Å². The number of piperidine rings is 1. The van der Waals surface area contributed by atoms with Crippen molar-refractivity contribution in [1.29, 1.82) is 0 Å². The Morgan fingerprint density at radius 3 is 2.94 bits per heavy atom. The molecule has 0 saturated carbocycles. The number of nitrogens with zero attached hydrogens (tertiary/aromatic N) is 3. The second-order valence-corrected chi connectivity index (χ2v) is 4.59. The molecule has 18 heavy (non-hydrogen) atoms. The Labute approximate surface area is 107 Å². The van der Waals surface area contributed by atoms with Crippen LogP contribution in [0.15, 0.2) is 12.4 Å². The van der Waals surface area contributed by atoms with Crippen LogP contribution in [0.4, 0.5) is 5.82 Å². The molecule has 2 rings (SSSR count). The van der Waals surface area contributed by atoms with E-state index >= 15 is 0 Å². The fourth-order valence-electron chi connectivity index (χ4n) is 2.45. The van der Waals surface area contributed by atoms with E-state index in [4.69, 9.17) is 4.74 Å². The Kier molecular flexibility index (Phi) is 4.12. The maximum atomic E-state index is 11.5. The van der Waals surface area contributed by atoms with E-state index in [1.165, 1.54) is 7.11 Å². The van der Waals surface area contributed by atoms with E-state index in [0.717, 1.165) is 37.3 Å². The van der Waals surface area contributed by atoms with Gasteiger partial charge in [-0.05, 0) is 26.2 Å². The van der Waals surface area contributed by atoms with Gasteiger partial charge >= 0.3 is 5.97 Å². The minimum Gasteiger partial charge on any atom is -0.469 e. The molecule has 1 fully saturated rings. The standard InChI is InChI=1S/C13H19N3O2/c1-10-13(15-7-6-14-10)16-8-4-3-5-11(16)9-12(17)18-2/h6-7,11H,3-5,8-9H2,1-2H3. The second-order valence-electron chi connectivity index (χ2n) is 4.59. The number of rotatable bonds is 3. The van der Waals surface area contributed by atoms with Crippen LogP contribution in [-0.4, -0.2) is 35.6 Å². The van der Waals surface area contributed by atoms with Crippen molar-refractivity contribution in [3.8, 4) is 0 Å². The van der Waals surface area contributed by atoms with Gasteiger partial charge in [-0.15, -0.1) is 0 Å². The molecule has 0 bridgehead atoms. The second kappa shape index (κ2) is 5.80. The van der Waals surface area contributed by atoms with E-state index in [9.17, 15) is 4.79 Å². The summed E-state index contributed by atoms with van der Waals surface area (Å²) in [5, 5.41) is 0. The highest BCUT2D eigenvalue weighted by Gasteiger charge is 2.27. The number of ether oxygens (including phenoxy) is 1. The number of aromatic nitrogens is 2. The molecule has 1 aliphatic heterocycles. The monoisotopic (exact) mass is 249 g/mol. The number of methoxy groups -OCH3 is 1. The summed E-state index contributed by atoms with van der Waals surface area (Å²) in [4.78, 5) is 22.3. The van der Waals surface area contributed by atoms with Gasteiger partial charge in [0.05, 0.1) is 19.2 Å². The van der Waals surface area contributed by atoms with Gasteiger partial charge in [-0.25, -0.2) is 4.98 Å². The van der Waals surface area contributed by atoms with Crippen LogP contribution in [0.3, 0.4) is 0 Å². The van der Waals surface area contributed by atoms with Crippen LogP contribution in [0, 0.1) is 6.92 Å². The van der Waals surface area contributed by atoms with Gasteiger partial charge in [0.15, 0.2) is 0 Å². The molecule has 5 heteroatoms. The van der Waals surface area contributed by atoms with Crippen molar-refractivity contribution in [3.63, 3.8) is 0 Å². The van der Waals surface area contributed by atoms with Gasteiger partial charge in [0.2, 0.25) is 0 Å². The van der Waals surface area contributed by atoms with Crippen molar-refractivity contribution in [1.82, 2.24) is 9.97 Å². The molecule has 1 unspecified atom stereocenters. The lowest BCUT2D eigenvalue weighted by molar-refractivity contribution is -0.141. The normalized spacial score (nSPS) is 19.7. The predicted octanol–water partition coefficient (Wildman–Crippen LogP) is 1.71. The first-order valence-corrected chi connectivity index (χ1v) is 6.33. The van der Waals surface area contributed by atoms with E-state index in [-0.39, 0.29) is 12.0 Å². The minimum atomic E-state index is -0.159. The van der Waals surface area contributed by atoms with Crippen molar-refractivity contribution >= 4 is 11.8 Å². The van der Waals surface area contributed by atoms with E-state index in [1.54, 1.807) is 12.4 Å². The summed E-state index contributed by atoms with van der Waals surface area (Å²) in [6.45, 7) is 2.88. The largest absolute Gasteiger partial charge is 0.469 e. The lowest BCUT2D eigenvalue weighted by atomic mass is 9.99. The zero-order chi connectivity index (χ0) is 13.0. The van der Waals surface area contributed by atoms with Crippen LogP contribution >= 0.6 is 0 Å². The van der Waals surface area contributed by atoms with Crippen molar-refractivity contribution < 1.29 is 9.53 Å². The van der Waals surface area contributed by atoms with Gasteiger partial charge in [-0.3, -0.25) is 9.78 Å². The molecule has 0 N–H and O–H groups in total. The summed E-state index contributed by atoms with van der Waals surface area (Å²) in [5.41, 5.74) is 0.911. The zero-order valence-corrected chi connectivity index (χ0v) is 10.9. The highest BCUT2D eigenvalue weighted by molar-refractivity contribution is 5.70. The van der Waals surface area contributed by atoms with Crippen LogP contribution in [0.2, 0.25) is 0 Å². The summed E-state index contributed by atoms with van der Waals surface area (Å²) in [6.07, 6.45) is 7.10. The fraction of sp³-hybridized carbons (Fsp3) is 0.615. The van der Waals surface area contributed by atoms with Crippen LogP contribution in [-0.2, 0) is 9.53 Å². The Balaban J connectivity index is 2.17. The molecular weight excluding hydrogens is 230 g/mol. The highest BCUT2D eigenvalue weighted by atomic mass is 16.5. The summed E-state index contributed by atoms with van der Waals surface area (Å²) in [7, 11) is 1.43. The number of hydrogen-bond acceptors (Lipinski definition) is 5. The summed E-state index contributed by atoms with van der Waals surface area (Å²) < 4.78 is 4.77. The van der Waals surface area contributed by atoms with Crippen LogP contribution in [0.5, 0.6) is 0 Å². The number of esters is 1. The molecule has 1 saturated heterocycles.